The first kappa shape index (κ1) is 12.9. The van der Waals surface area contributed by atoms with Crippen molar-refractivity contribution < 1.29 is 24.6 Å². The van der Waals surface area contributed by atoms with Crippen LogP contribution in [0.15, 0.2) is 6.07 Å². The molecule has 5 heteroatoms. The minimum Gasteiger partial charge on any atom is -0.507 e. The maximum Gasteiger partial charge on any atom is 0.164 e. The third-order valence-electron chi connectivity index (χ3n) is 2.36. The zero-order valence-electron chi connectivity index (χ0n) is 9.70. The number of hydrogen-bond donors (Lipinski definition) is 2. The van der Waals surface area contributed by atoms with Crippen molar-refractivity contribution in [2.75, 3.05) is 0 Å². The minimum atomic E-state index is -0.592. The summed E-state index contributed by atoms with van der Waals surface area (Å²) in [7, 11) is 0. The largest absolute Gasteiger partial charge is 0.507 e. The molecule has 0 aromatic heterocycles. The molecule has 0 saturated carbocycles. The zero-order chi connectivity index (χ0) is 13.3. The molecular weight excluding hydrogens is 224 g/mol. The number of phenols is 2. The van der Waals surface area contributed by atoms with E-state index >= 15 is 0 Å². The fraction of sp³-hybridized carbons (Fsp3) is 0.250. The Bertz CT molecular complexity index is 528. The van der Waals surface area contributed by atoms with Crippen molar-refractivity contribution in [1.29, 1.82) is 0 Å². The summed E-state index contributed by atoms with van der Waals surface area (Å²) < 4.78 is 0. The van der Waals surface area contributed by atoms with Gasteiger partial charge in [0.05, 0.1) is 16.7 Å². The van der Waals surface area contributed by atoms with Crippen LogP contribution in [0.5, 0.6) is 11.5 Å². The number of rotatable bonds is 3. The molecule has 0 aliphatic heterocycles. The highest BCUT2D eigenvalue weighted by Gasteiger charge is 2.24. The first-order chi connectivity index (χ1) is 7.77. The van der Waals surface area contributed by atoms with E-state index < -0.39 is 28.8 Å². The third kappa shape index (κ3) is 2.18. The van der Waals surface area contributed by atoms with Crippen molar-refractivity contribution >= 4 is 17.3 Å². The molecule has 0 unspecified atom stereocenters. The number of hydrogen-bond acceptors (Lipinski definition) is 5. The molecule has 1 aromatic carbocycles. The number of aromatic hydroxyl groups is 2. The van der Waals surface area contributed by atoms with Crippen LogP contribution in [0.3, 0.4) is 0 Å². The first-order valence-electron chi connectivity index (χ1n) is 4.89. The molecule has 17 heavy (non-hydrogen) atoms. The first-order valence-corrected chi connectivity index (χ1v) is 4.89. The van der Waals surface area contributed by atoms with Gasteiger partial charge in [-0.3, -0.25) is 14.4 Å². The lowest BCUT2D eigenvalue weighted by Crippen LogP contribution is -2.08. The lowest BCUT2D eigenvalue weighted by molar-refractivity contribution is 0.0972. The van der Waals surface area contributed by atoms with Crippen molar-refractivity contribution in [3.05, 3.63) is 22.8 Å². The fourth-order valence-corrected chi connectivity index (χ4v) is 1.63. The maximum absolute atomic E-state index is 11.4. The highest BCUT2D eigenvalue weighted by Crippen LogP contribution is 2.34. The van der Waals surface area contributed by atoms with Gasteiger partial charge in [0, 0.05) is 0 Å². The smallest absolute Gasteiger partial charge is 0.164 e. The summed E-state index contributed by atoms with van der Waals surface area (Å²) in [6.45, 7) is 3.49. The molecule has 0 heterocycles. The number of Topliss-reactive ketones (excluding diaryl/α,β-unsaturated/α-hetero) is 3. The topological polar surface area (TPSA) is 91.7 Å². The van der Waals surface area contributed by atoms with E-state index in [4.69, 9.17) is 0 Å². The third-order valence-corrected chi connectivity index (χ3v) is 2.36. The van der Waals surface area contributed by atoms with Crippen LogP contribution >= 0.6 is 0 Å². The van der Waals surface area contributed by atoms with Crippen LogP contribution in [0.2, 0.25) is 0 Å². The summed E-state index contributed by atoms with van der Waals surface area (Å²) in [4.78, 5) is 33.9. The van der Waals surface area contributed by atoms with Gasteiger partial charge >= 0.3 is 0 Å². The van der Waals surface area contributed by atoms with Crippen molar-refractivity contribution in [1.82, 2.24) is 0 Å². The molecular formula is C12H12O5. The van der Waals surface area contributed by atoms with Gasteiger partial charge in [-0.2, -0.15) is 0 Å². The number of benzene rings is 1. The Morgan fingerprint density at radius 2 is 1.35 bits per heavy atom. The second-order valence-corrected chi connectivity index (χ2v) is 3.71. The second kappa shape index (κ2) is 4.37. The van der Waals surface area contributed by atoms with E-state index in [0.29, 0.717) is 0 Å². The van der Waals surface area contributed by atoms with Crippen LogP contribution in [-0.2, 0) is 0 Å². The normalized spacial score (nSPS) is 10.1. The molecule has 2 N–H and O–H groups in total. The SMILES string of the molecule is CC(=O)c1cc(O)c(C(C)=O)c(C(C)=O)c1O. The van der Waals surface area contributed by atoms with Crippen molar-refractivity contribution in [2.45, 2.75) is 20.8 Å². The molecule has 1 rings (SSSR count). The molecule has 0 spiro atoms. The van der Waals surface area contributed by atoms with Gasteiger partial charge in [-0.05, 0) is 26.8 Å². The van der Waals surface area contributed by atoms with E-state index in [1.807, 2.05) is 0 Å². The van der Waals surface area contributed by atoms with Gasteiger partial charge in [0.15, 0.2) is 17.3 Å². The van der Waals surface area contributed by atoms with Crippen LogP contribution in [0, 0.1) is 0 Å². The van der Waals surface area contributed by atoms with Crippen LogP contribution < -0.4 is 0 Å². The quantitative estimate of drug-likeness (QED) is 0.615. The van der Waals surface area contributed by atoms with E-state index in [9.17, 15) is 24.6 Å². The van der Waals surface area contributed by atoms with Crippen LogP contribution in [0.25, 0.3) is 0 Å². The number of carbonyl (C=O) groups excluding carboxylic acids is 3. The minimum absolute atomic E-state index is 0.183. The average molecular weight is 236 g/mol. The second-order valence-electron chi connectivity index (χ2n) is 3.71. The Labute approximate surface area is 97.7 Å². The molecule has 0 fully saturated rings. The Morgan fingerprint density at radius 3 is 1.71 bits per heavy atom. The predicted molar refractivity (Wildman–Crippen MR) is 59.8 cm³/mol. The summed E-state index contributed by atoms with van der Waals surface area (Å²) in [5, 5.41) is 19.4. The summed E-state index contributed by atoms with van der Waals surface area (Å²) in [6.07, 6.45) is 0. The Hall–Kier alpha value is -2.17. The Morgan fingerprint density at radius 1 is 0.882 bits per heavy atom. The lowest BCUT2D eigenvalue weighted by atomic mass is 9.94. The van der Waals surface area contributed by atoms with Crippen LogP contribution in [0.4, 0.5) is 0 Å². The molecule has 0 saturated heterocycles. The maximum atomic E-state index is 11.4. The van der Waals surface area contributed by atoms with Gasteiger partial charge in [-0.25, -0.2) is 0 Å². The number of ketones is 3. The highest BCUT2D eigenvalue weighted by molar-refractivity contribution is 6.13. The zero-order valence-corrected chi connectivity index (χ0v) is 9.70. The van der Waals surface area contributed by atoms with Gasteiger partial charge < -0.3 is 10.2 Å². The molecule has 0 bridgehead atoms. The van der Waals surface area contributed by atoms with Crippen molar-refractivity contribution in [3.8, 4) is 11.5 Å². The summed E-state index contributed by atoms with van der Waals surface area (Å²) in [5.41, 5.74) is -0.764. The molecule has 90 valence electrons. The van der Waals surface area contributed by atoms with Gasteiger partial charge in [-0.15, -0.1) is 0 Å². The standard InChI is InChI=1S/C12H12O5/c1-5(13)8-4-9(16)10(6(2)14)11(7(3)15)12(8)17/h4,16-17H,1-3H3. The Balaban J connectivity index is 3.78. The molecule has 0 atom stereocenters. The summed E-state index contributed by atoms with van der Waals surface area (Å²) >= 11 is 0. The molecule has 0 amide bonds. The van der Waals surface area contributed by atoms with Crippen LogP contribution in [0.1, 0.15) is 51.8 Å². The molecule has 1 aromatic rings. The highest BCUT2D eigenvalue weighted by atomic mass is 16.3. The molecule has 5 nitrogen and oxygen atoms in total. The molecule has 0 aliphatic rings. The lowest BCUT2D eigenvalue weighted by Gasteiger charge is -2.11. The van der Waals surface area contributed by atoms with E-state index in [1.165, 1.54) is 6.92 Å². The monoisotopic (exact) mass is 236 g/mol. The summed E-state index contributed by atoms with van der Waals surface area (Å²) in [5.74, 6) is -2.70. The van der Waals surface area contributed by atoms with Gasteiger partial charge in [0.2, 0.25) is 0 Å². The number of carbonyl (C=O) groups is 3. The predicted octanol–water partition coefficient (Wildman–Crippen LogP) is 1.71. The molecule has 0 radical (unpaired) electrons. The Kier molecular flexibility index (Phi) is 3.31. The fourth-order valence-electron chi connectivity index (χ4n) is 1.63. The average Bonchev–Trinajstić information content (AvgIpc) is 2.18. The van der Waals surface area contributed by atoms with E-state index in [1.54, 1.807) is 0 Å². The summed E-state index contributed by atoms with van der Waals surface area (Å²) in [6, 6.07) is 0.987. The number of phenolic OH excluding ortho intramolecular Hbond substituents is 2. The van der Waals surface area contributed by atoms with Gasteiger partial charge in [0.25, 0.3) is 0 Å². The van der Waals surface area contributed by atoms with E-state index in [2.05, 4.69) is 0 Å². The van der Waals surface area contributed by atoms with Gasteiger partial charge in [0.1, 0.15) is 11.5 Å². The van der Waals surface area contributed by atoms with Crippen molar-refractivity contribution in [2.24, 2.45) is 0 Å². The van der Waals surface area contributed by atoms with Crippen molar-refractivity contribution in [3.63, 3.8) is 0 Å². The van der Waals surface area contributed by atoms with Gasteiger partial charge in [-0.1, -0.05) is 0 Å². The van der Waals surface area contributed by atoms with Crippen LogP contribution in [-0.4, -0.2) is 27.6 Å². The molecule has 0 aliphatic carbocycles. The van der Waals surface area contributed by atoms with E-state index in [0.717, 1.165) is 19.9 Å². The van der Waals surface area contributed by atoms with E-state index in [-0.39, 0.29) is 16.7 Å².